The highest BCUT2D eigenvalue weighted by Crippen LogP contribution is 2.22. The molecule has 0 bridgehead atoms. The first kappa shape index (κ1) is 11.2. The van der Waals surface area contributed by atoms with E-state index >= 15 is 0 Å². The predicted octanol–water partition coefficient (Wildman–Crippen LogP) is 2.46. The molecule has 0 unspecified atom stereocenters. The van der Waals surface area contributed by atoms with Crippen molar-refractivity contribution in [3.63, 3.8) is 0 Å². The lowest BCUT2D eigenvalue weighted by Gasteiger charge is -2.15. The van der Waals surface area contributed by atoms with Gasteiger partial charge < -0.3 is 5.32 Å². The molecule has 16 heavy (non-hydrogen) atoms. The minimum Gasteiger partial charge on any atom is -0.372 e. The Balaban J connectivity index is 2.38. The monoisotopic (exact) mass is 216 g/mol. The van der Waals surface area contributed by atoms with Crippen LogP contribution in [0.3, 0.4) is 0 Å². The lowest BCUT2D eigenvalue weighted by molar-refractivity contribution is 0.951. The van der Waals surface area contributed by atoms with E-state index in [2.05, 4.69) is 44.1 Å². The van der Waals surface area contributed by atoms with Crippen molar-refractivity contribution >= 4 is 5.84 Å². The van der Waals surface area contributed by atoms with Gasteiger partial charge in [-0.1, -0.05) is 6.07 Å². The molecule has 0 atom stereocenters. The van der Waals surface area contributed by atoms with Gasteiger partial charge in [-0.25, -0.2) is 0 Å². The summed E-state index contributed by atoms with van der Waals surface area (Å²) in [6.07, 6.45) is 0.959. The average Bonchev–Trinajstić information content (AvgIpc) is 2.74. The highest BCUT2D eigenvalue weighted by atomic mass is 15.1. The quantitative estimate of drug-likeness (QED) is 0.807. The maximum absolute atomic E-state index is 4.48. The first-order valence-electron chi connectivity index (χ1n) is 5.93. The van der Waals surface area contributed by atoms with Gasteiger partial charge in [-0.3, -0.25) is 4.99 Å². The standard InChI is InChI=1S/C14H20N2/c1-9-7-10(2)12(4)13(11(9)3)8-14-15-5-6-16-14/h7H,5-6,8H2,1-4H3,(H,15,16). The summed E-state index contributed by atoms with van der Waals surface area (Å²) in [6.45, 7) is 10.7. The molecule has 1 aliphatic heterocycles. The first-order valence-corrected chi connectivity index (χ1v) is 5.93. The Hall–Kier alpha value is -1.31. The molecule has 1 heterocycles. The second-order valence-electron chi connectivity index (χ2n) is 4.67. The van der Waals surface area contributed by atoms with Crippen molar-refractivity contribution in [3.05, 3.63) is 33.9 Å². The Bertz CT molecular complexity index is 418. The zero-order valence-corrected chi connectivity index (χ0v) is 10.6. The number of amidine groups is 1. The van der Waals surface area contributed by atoms with Crippen molar-refractivity contribution in [1.29, 1.82) is 0 Å². The molecule has 0 amide bonds. The number of aryl methyl sites for hydroxylation is 2. The summed E-state index contributed by atoms with van der Waals surface area (Å²) in [6, 6.07) is 2.28. The van der Waals surface area contributed by atoms with Gasteiger partial charge in [-0.05, 0) is 55.5 Å². The number of aliphatic imine (C=N–C) groups is 1. The van der Waals surface area contributed by atoms with Crippen molar-refractivity contribution in [2.75, 3.05) is 13.1 Å². The Kier molecular flexibility index (Phi) is 2.99. The third-order valence-corrected chi connectivity index (χ3v) is 3.61. The molecule has 2 nitrogen and oxygen atoms in total. The molecule has 2 rings (SSSR count). The SMILES string of the molecule is Cc1cc(C)c(C)c(CC2=NCCN2)c1C. The topological polar surface area (TPSA) is 24.4 Å². The first-order chi connectivity index (χ1) is 7.59. The van der Waals surface area contributed by atoms with Crippen molar-refractivity contribution in [1.82, 2.24) is 5.32 Å². The van der Waals surface area contributed by atoms with E-state index in [1.807, 2.05) is 0 Å². The molecule has 1 N–H and O–H groups in total. The second-order valence-corrected chi connectivity index (χ2v) is 4.67. The predicted molar refractivity (Wildman–Crippen MR) is 69.4 cm³/mol. The summed E-state index contributed by atoms with van der Waals surface area (Å²) < 4.78 is 0. The Morgan fingerprint density at radius 1 is 1.12 bits per heavy atom. The van der Waals surface area contributed by atoms with Crippen LogP contribution in [0.5, 0.6) is 0 Å². The summed E-state index contributed by atoms with van der Waals surface area (Å²) in [7, 11) is 0. The highest BCUT2D eigenvalue weighted by Gasteiger charge is 2.12. The molecule has 1 aromatic rings. The van der Waals surface area contributed by atoms with Crippen LogP contribution in [0, 0.1) is 27.7 Å². The number of nitrogens with zero attached hydrogens (tertiary/aromatic N) is 1. The molecule has 2 heteroatoms. The molecule has 0 saturated heterocycles. The van der Waals surface area contributed by atoms with E-state index in [1.165, 1.54) is 27.8 Å². The normalized spacial score (nSPS) is 14.9. The zero-order valence-electron chi connectivity index (χ0n) is 10.6. The fourth-order valence-electron chi connectivity index (χ4n) is 2.30. The van der Waals surface area contributed by atoms with Gasteiger partial charge in [-0.2, -0.15) is 0 Å². The van der Waals surface area contributed by atoms with Crippen LogP contribution in [-0.2, 0) is 6.42 Å². The molecule has 1 aromatic carbocycles. The van der Waals surface area contributed by atoms with Crippen molar-refractivity contribution in [2.45, 2.75) is 34.1 Å². The lowest BCUT2D eigenvalue weighted by atomic mass is 9.92. The van der Waals surface area contributed by atoms with Gasteiger partial charge in [0, 0.05) is 13.0 Å². The van der Waals surface area contributed by atoms with E-state index in [9.17, 15) is 0 Å². The van der Waals surface area contributed by atoms with Crippen LogP contribution in [0.25, 0.3) is 0 Å². The molecule has 86 valence electrons. The highest BCUT2D eigenvalue weighted by molar-refractivity contribution is 5.86. The fraction of sp³-hybridized carbons (Fsp3) is 0.500. The van der Waals surface area contributed by atoms with Crippen LogP contribution in [0.15, 0.2) is 11.1 Å². The summed E-state index contributed by atoms with van der Waals surface area (Å²) in [4.78, 5) is 4.48. The molecule has 0 radical (unpaired) electrons. The minimum absolute atomic E-state index is 0.929. The van der Waals surface area contributed by atoms with Crippen LogP contribution in [0.4, 0.5) is 0 Å². The van der Waals surface area contributed by atoms with E-state index in [0.29, 0.717) is 0 Å². The molecule has 1 aliphatic rings. The van der Waals surface area contributed by atoms with Crippen molar-refractivity contribution < 1.29 is 0 Å². The number of hydrogen-bond acceptors (Lipinski definition) is 2. The molecule has 0 aromatic heterocycles. The van der Waals surface area contributed by atoms with Gasteiger partial charge in [0.15, 0.2) is 0 Å². The summed E-state index contributed by atoms with van der Waals surface area (Å²) in [5.74, 6) is 1.15. The molecular formula is C14H20N2. The number of hydrogen-bond donors (Lipinski definition) is 1. The summed E-state index contributed by atoms with van der Waals surface area (Å²) >= 11 is 0. The third-order valence-electron chi connectivity index (χ3n) is 3.61. The third kappa shape index (κ3) is 1.97. The Morgan fingerprint density at radius 2 is 1.75 bits per heavy atom. The van der Waals surface area contributed by atoms with Crippen LogP contribution >= 0.6 is 0 Å². The molecule has 0 aliphatic carbocycles. The van der Waals surface area contributed by atoms with Crippen LogP contribution in [0.1, 0.15) is 27.8 Å². The van der Waals surface area contributed by atoms with E-state index in [0.717, 1.165) is 25.3 Å². The van der Waals surface area contributed by atoms with E-state index < -0.39 is 0 Å². The molecule has 0 fully saturated rings. The number of rotatable bonds is 2. The number of benzene rings is 1. The maximum Gasteiger partial charge on any atom is 0.101 e. The van der Waals surface area contributed by atoms with Crippen LogP contribution in [-0.4, -0.2) is 18.9 Å². The van der Waals surface area contributed by atoms with E-state index in [4.69, 9.17) is 0 Å². The molecule has 0 spiro atoms. The van der Waals surface area contributed by atoms with Crippen molar-refractivity contribution in [3.8, 4) is 0 Å². The van der Waals surface area contributed by atoms with Gasteiger partial charge in [0.25, 0.3) is 0 Å². The second kappa shape index (κ2) is 4.28. The van der Waals surface area contributed by atoms with Gasteiger partial charge in [0.2, 0.25) is 0 Å². The average molecular weight is 216 g/mol. The molecular weight excluding hydrogens is 196 g/mol. The Morgan fingerprint density at radius 3 is 2.25 bits per heavy atom. The summed E-state index contributed by atoms with van der Waals surface area (Å²) in [5.41, 5.74) is 7.05. The van der Waals surface area contributed by atoms with E-state index in [-0.39, 0.29) is 0 Å². The van der Waals surface area contributed by atoms with Crippen molar-refractivity contribution in [2.24, 2.45) is 4.99 Å². The minimum atomic E-state index is 0.929. The number of nitrogens with one attached hydrogen (secondary N) is 1. The summed E-state index contributed by atoms with van der Waals surface area (Å²) in [5, 5.41) is 3.35. The Labute approximate surface area is 97.8 Å². The smallest absolute Gasteiger partial charge is 0.101 e. The fourth-order valence-corrected chi connectivity index (χ4v) is 2.30. The van der Waals surface area contributed by atoms with Gasteiger partial charge in [0.1, 0.15) is 5.84 Å². The van der Waals surface area contributed by atoms with Gasteiger partial charge >= 0.3 is 0 Å². The van der Waals surface area contributed by atoms with Gasteiger partial charge in [-0.15, -0.1) is 0 Å². The van der Waals surface area contributed by atoms with Crippen LogP contribution < -0.4 is 5.32 Å². The maximum atomic E-state index is 4.48. The largest absolute Gasteiger partial charge is 0.372 e. The lowest BCUT2D eigenvalue weighted by Crippen LogP contribution is -2.21. The van der Waals surface area contributed by atoms with Crippen LogP contribution in [0.2, 0.25) is 0 Å². The van der Waals surface area contributed by atoms with E-state index in [1.54, 1.807) is 0 Å². The van der Waals surface area contributed by atoms with Gasteiger partial charge in [0.05, 0.1) is 6.54 Å². The zero-order chi connectivity index (χ0) is 11.7. The molecule has 0 saturated carbocycles.